The summed E-state index contributed by atoms with van der Waals surface area (Å²) in [5.74, 6) is 0.789. The van der Waals surface area contributed by atoms with Crippen LogP contribution >= 0.6 is 0 Å². The Morgan fingerprint density at radius 1 is 1.60 bits per heavy atom. The maximum absolute atomic E-state index is 5.62. The third-order valence-electron chi connectivity index (χ3n) is 2.97. The summed E-state index contributed by atoms with van der Waals surface area (Å²) in [4.78, 5) is 2.36. The summed E-state index contributed by atoms with van der Waals surface area (Å²) in [7, 11) is 2.17. The predicted octanol–water partition coefficient (Wildman–Crippen LogP) is 0.727. The van der Waals surface area contributed by atoms with Crippen molar-refractivity contribution < 1.29 is 4.74 Å². The molecule has 0 saturated carbocycles. The summed E-state index contributed by atoms with van der Waals surface area (Å²) >= 11 is 0. The van der Waals surface area contributed by atoms with Gasteiger partial charge in [-0.05, 0) is 13.5 Å². The van der Waals surface area contributed by atoms with Crippen molar-refractivity contribution in [2.75, 3.05) is 26.7 Å². The fourth-order valence-corrected chi connectivity index (χ4v) is 2.00. The predicted molar refractivity (Wildman–Crippen MR) is 40.0 cm³/mol. The van der Waals surface area contributed by atoms with Gasteiger partial charge in [0, 0.05) is 19.0 Å². The minimum Gasteiger partial charge on any atom is -0.373 e. The van der Waals surface area contributed by atoms with E-state index in [0.717, 1.165) is 19.1 Å². The Kier molecular flexibility index (Phi) is 1.29. The number of hydrogen-bond acceptors (Lipinski definition) is 2. The van der Waals surface area contributed by atoms with Crippen LogP contribution in [0.15, 0.2) is 0 Å². The molecule has 2 heteroatoms. The first-order valence-corrected chi connectivity index (χ1v) is 4.05. The fraction of sp³-hybridized carbons (Fsp3) is 1.00. The molecule has 2 saturated heterocycles. The molecule has 58 valence electrons. The molecule has 2 nitrogen and oxygen atoms in total. The summed E-state index contributed by atoms with van der Waals surface area (Å²) in [6.07, 6.45) is 1.24. The average molecular weight is 141 g/mol. The van der Waals surface area contributed by atoms with Crippen molar-refractivity contribution in [3.8, 4) is 0 Å². The Balaban J connectivity index is 2.04. The van der Waals surface area contributed by atoms with E-state index in [4.69, 9.17) is 4.74 Å². The van der Waals surface area contributed by atoms with Crippen LogP contribution in [0.3, 0.4) is 0 Å². The van der Waals surface area contributed by atoms with Gasteiger partial charge in [0.15, 0.2) is 0 Å². The van der Waals surface area contributed by atoms with Crippen LogP contribution in [0.1, 0.15) is 13.3 Å². The highest BCUT2D eigenvalue weighted by Crippen LogP contribution is 2.39. The monoisotopic (exact) mass is 141 g/mol. The second-order valence-electron chi connectivity index (χ2n) is 3.76. The van der Waals surface area contributed by atoms with Crippen LogP contribution in [0, 0.1) is 5.92 Å². The van der Waals surface area contributed by atoms with Crippen LogP contribution in [-0.4, -0.2) is 37.2 Å². The van der Waals surface area contributed by atoms with Crippen LogP contribution in [0.4, 0.5) is 0 Å². The largest absolute Gasteiger partial charge is 0.373 e. The van der Waals surface area contributed by atoms with Crippen LogP contribution < -0.4 is 0 Å². The fourth-order valence-electron chi connectivity index (χ4n) is 2.00. The summed E-state index contributed by atoms with van der Waals surface area (Å²) in [6, 6.07) is 0. The topological polar surface area (TPSA) is 12.5 Å². The first-order valence-electron chi connectivity index (χ1n) is 4.05. The molecule has 2 heterocycles. The molecule has 0 radical (unpaired) electrons. The van der Waals surface area contributed by atoms with Crippen molar-refractivity contribution in [3.05, 3.63) is 0 Å². The van der Waals surface area contributed by atoms with Gasteiger partial charge in [0.1, 0.15) is 0 Å². The molecule has 2 aliphatic heterocycles. The number of ether oxygens (including phenoxy) is 1. The van der Waals surface area contributed by atoms with E-state index in [2.05, 4.69) is 18.9 Å². The van der Waals surface area contributed by atoms with Gasteiger partial charge in [0.05, 0.1) is 12.2 Å². The van der Waals surface area contributed by atoms with E-state index in [0.29, 0.717) is 0 Å². The lowest BCUT2D eigenvalue weighted by molar-refractivity contribution is -0.187. The molecular formula is C8H15NO. The van der Waals surface area contributed by atoms with Gasteiger partial charge < -0.3 is 9.64 Å². The Hall–Kier alpha value is -0.0800. The SMILES string of the molecule is CC1COC12CCN(C)C2. The third kappa shape index (κ3) is 0.722. The number of nitrogens with zero attached hydrogens (tertiary/aromatic N) is 1. The summed E-state index contributed by atoms with van der Waals surface area (Å²) in [6.45, 7) is 5.63. The Bertz CT molecular complexity index is 148. The number of hydrogen-bond donors (Lipinski definition) is 0. The van der Waals surface area contributed by atoms with E-state index in [1.807, 2.05) is 0 Å². The van der Waals surface area contributed by atoms with Crippen molar-refractivity contribution in [3.63, 3.8) is 0 Å². The van der Waals surface area contributed by atoms with E-state index in [-0.39, 0.29) is 5.60 Å². The normalized spacial score (nSPS) is 48.0. The molecule has 2 aliphatic rings. The number of rotatable bonds is 0. The van der Waals surface area contributed by atoms with Crippen LogP contribution in [0.2, 0.25) is 0 Å². The molecular weight excluding hydrogens is 126 g/mol. The lowest BCUT2D eigenvalue weighted by Crippen LogP contribution is -2.53. The smallest absolute Gasteiger partial charge is 0.0868 e. The highest BCUT2D eigenvalue weighted by molar-refractivity contribution is 4.99. The zero-order valence-corrected chi connectivity index (χ0v) is 6.76. The molecule has 0 amide bonds. The summed E-state index contributed by atoms with van der Waals surface area (Å²) in [5.41, 5.74) is 0.273. The van der Waals surface area contributed by atoms with Gasteiger partial charge in [-0.2, -0.15) is 0 Å². The summed E-state index contributed by atoms with van der Waals surface area (Å²) < 4.78 is 5.62. The minimum atomic E-state index is 0.273. The van der Waals surface area contributed by atoms with E-state index in [9.17, 15) is 0 Å². The first-order chi connectivity index (χ1) is 4.73. The quantitative estimate of drug-likeness (QED) is 0.493. The van der Waals surface area contributed by atoms with E-state index in [1.54, 1.807) is 0 Å². The molecule has 0 aromatic carbocycles. The molecule has 0 aromatic rings. The summed E-state index contributed by atoms with van der Waals surface area (Å²) in [5, 5.41) is 0. The molecule has 2 fully saturated rings. The first kappa shape index (κ1) is 6.62. The van der Waals surface area contributed by atoms with E-state index in [1.165, 1.54) is 13.0 Å². The lowest BCUT2D eigenvalue weighted by atomic mass is 9.83. The Morgan fingerprint density at radius 2 is 2.40 bits per heavy atom. The van der Waals surface area contributed by atoms with Gasteiger partial charge in [-0.15, -0.1) is 0 Å². The molecule has 0 aliphatic carbocycles. The molecule has 1 spiro atoms. The molecule has 10 heavy (non-hydrogen) atoms. The standard InChI is InChI=1S/C8H15NO/c1-7-5-10-8(7)3-4-9(2)6-8/h7H,3-6H2,1-2H3. The van der Waals surface area contributed by atoms with E-state index >= 15 is 0 Å². The molecule has 0 aromatic heterocycles. The zero-order chi connectivity index (χ0) is 7.19. The van der Waals surface area contributed by atoms with E-state index < -0.39 is 0 Å². The highest BCUT2D eigenvalue weighted by atomic mass is 16.5. The maximum Gasteiger partial charge on any atom is 0.0868 e. The Labute approximate surface area is 62.2 Å². The van der Waals surface area contributed by atoms with Crippen molar-refractivity contribution in [1.82, 2.24) is 4.90 Å². The third-order valence-corrected chi connectivity index (χ3v) is 2.97. The molecule has 2 rings (SSSR count). The number of likely N-dealkylation sites (N-methyl/N-ethyl adjacent to an activating group) is 1. The van der Waals surface area contributed by atoms with Crippen molar-refractivity contribution in [2.45, 2.75) is 18.9 Å². The van der Waals surface area contributed by atoms with Gasteiger partial charge in [-0.1, -0.05) is 6.92 Å². The van der Waals surface area contributed by atoms with Crippen molar-refractivity contribution in [1.29, 1.82) is 0 Å². The van der Waals surface area contributed by atoms with Crippen LogP contribution in [-0.2, 0) is 4.74 Å². The average Bonchev–Trinajstić information content (AvgIpc) is 2.31. The van der Waals surface area contributed by atoms with Crippen molar-refractivity contribution in [2.24, 2.45) is 5.92 Å². The minimum absolute atomic E-state index is 0.273. The molecule has 0 bridgehead atoms. The van der Waals surface area contributed by atoms with Crippen molar-refractivity contribution >= 4 is 0 Å². The lowest BCUT2D eigenvalue weighted by Gasteiger charge is -2.45. The zero-order valence-electron chi connectivity index (χ0n) is 6.76. The van der Waals surface area contributed by atoms with Gasteiger partial charge in [0.2, 0.25) is 0 Å². The second-order valence-corrected chi connectivity index (χ2v) is 3.76. The molecule has 0 N–H and O–H groups in total. The van der Waals surface area contributed by atoms with Crippen LogP contribution in [0.25, 0.3) is 0 Å². The van der Waals surface area contributed by atoms with Gasteiger partial charge >= 0.3 is 0 Å². The van der Waals surface area contributed by atoms with Gasteiger partial charge in [-0.25, -0.2) is 0 Å². The highest BCUT2D eigenvalue weighted by Gasteiger charge is 2.49. The Morgan fingerprint density at radius 3 is 2.60 bits per heavy atom. The number of likely N-dealkylation sites (tertiary alicyclic amines) is 1. The molecule has 2 unspecified atom stereocenters. The van der Waals surface area contributed by atoms with Gasteiger partial charge in [0.25, 0.3) is 0 Å². The molecule has 2 atom stereocenters. The van der Waals surface area contributed by atoms with Gasteiger partial charge in [-0.3, -0.25) is 0 Å². The maximum atomic E-state index is 5.62. The second kappa shape index (κ2) is 1.95. The van der Waals surface area contributed by atoms with Crippen LogP contribution in [0.5, 0.6) is 0 Å².